The van der Waals surface area contributed by atoms with Crippen LogP contribution < -0.4 is 5.32 Å². The molecule has 0 fully saturated rings. The fourth-order valence-electron chi connectivity index (χ4n) is 1.41. The highest BCUT2D eigenvalue weighted by Gasteiger charge is 2.07. The smallest absolute Gasteiger partial charge is 0.101 e. The van der Waals surface area contributed by atoms with Gasteiger partial charge in [0.05, 0.1) is 11.3 Å². The molecule has 0 radical (unpaired) electrons. The van der Waals surface area contributed by atoms with E-state index in [1.807, 2.05) is 6.92 Å². The number of nitrogens with one attached hydrogen (secondary N) is 1. The first-order valence-electron chi connectivity index (χ1n) is 5.29. The first-order valence-corrected chi connectivity index (χ1v) is 7.39. The van der Waals surface area contributed by atoms with Gasteiger partial charge >= 0.3 is 0 Å². The normalized spacial score (nSPS) is 13.8. The largest absolute Gasteiger partial charge is 0.381 e. The molecule has 3 nitrogen and oxygen atoms in total. The van der Waals surface area contributed by atoms with Gasteiger partial charge in [0.25, 0.3) is 0 Å². The van der Waals surface area contributed by atoms with Gasteiger partial charge in [0, 0.05) is 33.9 Å². The summed E-state index contributed by atoms with van der Waals surface area (Å²) in [5, 5.41) is 12.8. The van der Waals surface area contributed by atoms with Crippen LogP contribution in [0.5, 0.6) is 0 Å². The fourth-order valence-corrected chi connectivity index (χ4v) is 2.27. The summed E-state index contributed by atoms with van der Waals surface area (Å²) in [6.07, 6.45) is 2.48. The Kier molecular flexibility index (Phi) is 5.46. The molecule has 0 aromatic heterocycles. The van der Waals surface area contributed by atoms with Crippen LogP contribution >= 0.6 is 11.6 Å². The second-order valence-electron chi connectivity index (χ2n) is 3.91. The third-order valence-corrected chi connectivity index (χ3v) is 3.39. The van der Waals surface area contributed by atoms with Crippen molar-refractivity contribution in [1.82, 2.24) is 0 Å². The maximum Gasteiger partial charge on any atom is 0.101 e. The lowest BCUT2D eigenvalue weighted by atomic mass is 10.1. The molecular weight excluding hydrogens is 256 g/mol. The van der Waals surface area contributed by atoms with E-state index in [0.717, 1.165) is 12.1 Å². The molecule has 0 aliphatic carbocycles. The molecular formula is C12H15ClN2OS. The Balaban J connectivity index is 2.70. The van der Waals surface area contributed by atoms with Crippen LogP contribution in [-0.4, -0.2) is 22.3 Å². The van der Waals surface area contributed by atoms with Gasteiger partial charge < -0.3 is 5.32 Å². The molecule has 0 saturated heterocycles. The quantitative estimate of drug-likeness (QED) is 0.895. The van der Waals surface area contributed by atoms with E-state index in [1.54, 1.807) is 24.5 Å². The Labute approximate surface area is 109 Å². The van der Waals surface area contributed by atoms with Crippen molar-refractivity contribution in [3.63, 3.8) is 0 Å². The molecule has 1 rings (SSSR count). The highest BCUT2D eigenvalue weighted by Crippen LogP contribution is 2.21. The summed E-state index contributed by atoms with van der Waals surface area (Å²) in [5.41, 5.74) is 1.30. The highest BCUT2D eigenvalue weighted by atomic mass is 35.5. The Bertz CT molecular complexity index is 456. The van der Waals surface area contributed by atoms with Gasteiger partial charge in [0.15, 0.2) is 0 Å². The van der Waals surface area contributed by atoms with Crippen LogP contribution in [0.2, 0.25) is 5.02 Å². The molecule has 2 atom stereocenters. The fraction of sp³-hybridized carbons (Fsp3) is 0.417. The molecule has 2 unspecified atom stereocenters. The van der Waals surface area contributed by atoms with Gasteiger partial charge in [0.2, 0.25) is 0 Å². The predicted molar refractivity (Wildman–Crippen MR) is 72.8 cm³/mol. The minimum absolute atomic E-state index is 0.157. The van der Waals surface area contributed by atoms with Gasteiger partial charge in [-0.25, -0.2) is 0 Å². The molecule has 0 heterocycles. The molecule has 0 aliphatic heterocycles. The van der Waals surface area contributed by atoms with Crippen molar-refractivity contribution in [2.45, 2.75) is 19.4 Å². The van der Waals surface area contributed by atoms with Crippen LogP contribution in [0.4, 0.5) is 5.69 Å². The lowest BCUT2D eigenvalue weighted by Crippen LogP contribution is -2.18. The highest BCUT2D eigenvalue weighted by molar-refractivity contribution is 7.84. The summed E-state index contributed by atoms with van der Waals surface area (Å²) in [6.45, 7) is 1.99. The lowest BCUT2D eigenvalue weighted by molar-refractivity contribution is 0.678. The standard InChI is InChI=1S/C12H15ClN2OS/c1-9(5-6-17(2)16)15-12-7-11(13)4-3-10(12)8-14/h3-4,7,9,15H,5-6H2,1-2H3. The molecule has 0 saturated carbocycles. The number of rotatable bonds is 5. The average molecular weight is 271 g/mol. The van der Waals surface area contributed by atoms with E-state index in [0.29, 0.717) is 16.3 Å². The minimum atomic E-state index is -0.787. The van der Waals surface area contributed by atoms with Gasteiger partial charge in [-0.3, -0.25) is 4.21 Å². The lowest BCUT2D eigenvalue weighted by Gasteiger charge is -2.15. The van der Waals surface area contributed by atoms with E-state index in [4.69, 9.17) is 16.9 Å². The predicted octanol–water partition coefficient (Wildman–Crippen LogP) is 2.78. The van der Waals surface area contributed by atoms with E-state index in [1.165, 1.54) is 0 Å². The summed E-state index contributed by atoms with van der Waals surface area (Å²) in [4.78, 5) is 0. The Morgan fingerprint density at radius 1 is 1.59 bits per heavy atom. The first kappa shape index (κ1) is 14.0. The zero-order valence-electron chi connectivity index (χ0n) is 9.87. The Hall–Kier alpha value is -1.05. The summed E-state index contributed by atoms with van der Waals surface area (Å²) in [6, 6.07) is 7.39. The van der Waals surface area contributed by atoms with Crippen LogP contribution in [0.15, 0.2) is 18.2 Å². The molecule has 1 aromatic rings. The van der Waals surface area contributed by atoms with Gasteiger partial charge in [-0.05, 0) is 31.5 Å². The number of hydrogen-bond donors (Lipinski definition) is 1. The summed E-state index contributed by atoms with van der Waals surface area (Å²) in [5.74, 6) is 0.649. The van der Waals surface area contributed by atoms with Crippen LogP contribution in [0.25, 0.3) is 0 Å². The molecule has 5 heteroatoms. The topological polar surface area (TPSA) is 52.9 Å². The number of benzene rings is 1. The molecule has 0 bridgehead atoms. The number of nitrogens with zero attached hydrogens (tertiary/aromatic N) is 1. The van der Waals surface area contributed by atoms with Gasteiger partial charge in [-0.15, -0.1) is 0 Å². The molecule has 1 aromatic carbocycles. The molecule has 92 valence electrons. The van der Waals surface area contributed by atoms with E-state index >= 15 is 0 Å². The van der Waals surface area contributed by atoms with E-state index in [2.05, 4.69) is 11.4 Å². The number of halogens is 1. The molecule has 1 N–H and O–H groups in total. The van der Waals surface area contributed by atoms with Crippen LogP contribution in [0, 0.1) is 11.3 Å². The van der Waals surface area contributed by atoms with Crippen molar-refractivity contribution in [1.29, 1.82) is 5.26 Å². The minimum Gasteiger partial charge on any atom is -0.381 e. The molecule has 0 amide bonds. The Morgan fingerprint density at radius 2 is 2.29 bits per heavy atom. The summed E-state index contributed by atoms with van der Waals surface area (Å²) in [7, 11) is -0.787. The van der Waals surface area contributed by atoms with Crippen molar-refractivity contribution in [2.24, 2.45) is 0 Å². The zero-order valence-corrected chi connectivity index (χ0v) is 11.4. The summed E-state index contributed by atoms with van der Waals surface area (Å²) >= 11 is 5.89. The number of nitriles is 1. The van der Waals surface area contributed by atoms with Crippen molar-refractivity contribution in [3.8, 4) is 6.07 Å². The third kappa shape index (κ3) is 4.76. The maximum absolute atomic E-state index is 11.0. The second-order valence-corrected chi connectivity index (χ2v) is 5.90. The van der Waals surface area contributed by atoms with E-state index in [9.17, 15) is 4.21 Å². The maximum atomic E-state index is 11.0. The van der Waals surface area contributed by atoms with Crippen molar-refractivity contribution >= 4 is 28.1 Å². The van der Waals surface area contributed by atoms with Crippen molar-refractivity contribution in [3.05, 3.63) is 28.8 Å². The molecule has 0 aliphatic rings. The van der Waals surface area contributed by atoms with Crippen molar-refractivity contribution < 1.29 is 4.21 Å². The summed E-state index contributed by atoms with van der Waals surface area (Å²) < 4.78 is 11.0. The van der Waals surface area contributed by atoms with Gasteiger partial charge in [0.1, 0.15) is 6.07 Å². The Morgan fingerprint density at radius 3 is 2.88 bits per heavy atom. The van der Waals surface area contributed by atoms with Crippen LogP contribution in [-0.2, 0) is 10.8 Å². The van der Waals surface area contributed by atoms with Crippen LogP contribution in [0.1, 0.15) is 18.9 Å². The molecule has 0 spiro atoms. The van der Waals surface area contributed by atoms with Crippen molar-refractivity contribution in [2.75, 3.05) is 17.3 Å². The van der Waals surface area contributed by atoms with Gasteiger partial charge in [-0.2, -0.15) is 5.26 Å². The second kappa shape index (κ2) is 6.63. The molecule has 17 heavy (non-hydrogen) atoms. The number of anilines is 1. The SMILES string of the molecule is CC(CCS(C)=O)Nc1cc(Cl)ccc1C#N. The monoisotopic (exact) mass is 270 g/mol. The van der Waals surface area contributed by atoms with E-state index in [-0.39, 0.29) is 6.04 Å². The van der Waals surface area contributed by atoms with Crippen LogP contribution in [0.3, 0.4) is 0 Å². The zero-order chi connectivity index (χ0) is 12.8. The van der Waals surface area contributed by atoms with Gasteiger partial charge in [-0.1, -0.05) is 11.6 Å². The van der Waals surface area contributed by atoms with E-state index < -0.39 is 10.8 Å². The number of hydrogen-bond acceptors (Lipinski definition) is 3. The first-order chi connectivity index (χ1) is 8.02. The average Bonchev–Trinajstić information content (AvgIpc) is 2.27. The third-order valence-electron chi connectivity index (χ3n) is 2.34.